The summed E-state index contributed by atoms with van der Waals surface area (Å²) < 4.78 is 11.0. The predicted molar refractivity (Wildman–Crippen MR) is 166 cm³/mol. The maximum absolute atomic E-state index is 12.3. The molecule has 0 aliphatic heterocycles. The number of benzene rings is 2. The smallest absolute Gasteiger partial charge is 0.247 e. The first-order valence-electron chi connectivity index (χ1n) is 13.0. The Morgan fingerprint density at radius 2 is 1.83 bits per heavy atom. The summed E-state index contributed by atoms with van der Waals surface area (Å²) in [5.41, 5.74) is 4.30. The third-order valence-electron chi connectivity index (χ3n) is 6.83. The second kappa shape index (κ2) is 13.1. The molecule has 1 heterocycles. The Morgan fingerprint density at radius 1 is 1.15 bits per heavy atom. The molecule has 10 heteroatoms. The predicted octanol–water partition coefficient (Wildman–Crippen LogP) is 7.23. The van der Waals surface area contributed by atoms with Gasteiger partial charge in [0.05, 0.1) is 35.6 Å². The van der Waals surface area contributed by atoms with Crippen molar-refractivity contribution >= 4 is 64.4 Å². The van der Waals surface area contributed by atoms with E-state index in [-0.39, 0.29) is 5.91 Å². The highest BCUT2D eigenvalue weighted by atomic mass is 35.5. The highest BCUT2D eigenvalue weighted by Gasteiger charge is 2.28. The second-order valence-electron chi connectivity index (χ2n) is 9.77. The first kappa shape index (κ1) is 30.0. The van der Waals surface area contributed by atoms with Crippen LogP contribution in [-0.4, -0.2) is 49.9 Å². The fourth-order valence-electron chi connectivity index (χ4n) is 4.44. The lowest BCUT2D eigenvalue weighted by atomic mass is 10.0. The zero-order valence-corrected chi connectivity index (χ0v) is 24.9. The van der Waals surface area contributed by atoms with Gasteiger partial charge in [0.1, 0.15) is 17.3 Å². The molecule has 4 rings (SSSR count). The molecular weight excluding hydrogens is 563 g/mol. The molecular formula is C31H32Cl2N4O4. The zero-order valence-electron chi connectivity index (χ0n) is 23.4. The lowest BCUT2D eigenvalue weighted by Gasteiger charge is -2.26. The number of aromatic nitrogens is 1. The number of methoxy groups -OCH3 is 2. The molecule has 0 atom stereocenters. The molecule has 2 N–H and O–H groups in total. The molecule has 0 unspecified atom stereocenters. The maximum atomic E-state index is 12.3. The standard InChI is InChI=1S/C31H32Cl2N4O4/c1-6-27(39)35-22-9-7-8-18(2)31(22)36-26-13-21(17-38)20(15-34-26)12-23(37(3)16-19-10-11-19)28-29(32)24(40-4)14-25(41-5)30(28)33/h6-9,12-15,17,19H,1,10-11,16H2,2-5H3,(H,34,36)(H,35,39)/b23-12-. The van der Waals surface area contributed by atoms with Gasteiger partial charge in [0.25, 0.3) is 0 Å². The van der Waals surface area contributed by atoms with Crippen molar-refractivity contribution < 1.29 is 19.1 Å². The van der Waals surface area contributed by atoms with Crippen LogP contribution in [0.3, 0.4) is 0 Å². The number of hydrogen-bond acceptors (Lipinski definition) is 7. The number of nitrogens with zero attached hydrogens (tertiary/aromatic N) is 2. The Kier molecular flexibility index (Phi) is 9.57. The van der Waals surface area contributed by atoms with Crippen LogP contribution in [0, 0.1) is 12.8 Å². The quantitative estimate of drug-likeness (QED) is 0.169. The van der Waals surface area contributed by atoms with Crippen LogP contribution in [0.5, 0.6) is 11.5 Å². The summed E-state index contributed by atoms with van der Waals surface area (Å²) in [4.78, 5) is 30.9. The highest BCUT2D eigenvalue weighted by Crippen LogP contribution is 2.45. The van der Waals surface area contributed by atoms with Crippen molar-refractivity contribution in [2.45, 2.75) is 19.8 Å². The van der Waals surface area contributed by atoms with Crippen molar-refractivity contribution in [2.75, 3.05) is 38.4 Å². The van der Waals surface area contributed by atoms with Gasteiger partial charge in [-0.3, -0.25) is 9.59 Å². The summed E-state index contributed by atoms with van der Waals surface area (Å²) in [7, 11) is 5.01. The summed E-state index contributed by atoms with van der Waals surface area (Å²) in [6, 6.07) is 8.80. The maximum Gasteiger partial charge on any atom is 0.247 e. The molecule has 1 aromatic heterocycles. The third-order valence-corrected chi connectivity index (χ3v) is 7.58. The molecule has 3 aromatic rings. The van der Waals surface area contributed by atoms with E-state index in [2.05, 4.69) is 27.1 Å². The largest absolute Gasteiger partial charge is 0.495 e. The fraction of sp³-hybridized carbons (Fsp3) is 0.258. The molecule has 1 aliphatic rings. The van der Waals surface area contributed by atoms with Gasteiger partial charge in [-0.05, 0) is 55.5 Å². The Bertz CT molecular complexity index is 1490. The topological polar surface area (TPSA) is 92.8 Å². The average Bonchev–Trinajstić information content (AvgIpc) is 3.78. The van der Waals surface area contributed by atoms with Crippen molar-refractivity contribution in [2.24, 2.45) is 5.92 Å². The zero-order chi connectivity index (χ0) is 29.7. The molecule has 41 heavy (non-hydrogen) atoms. The van der Waals surface area contributed by atoms with E-state index < -0.39 is 0 Å². The molecule has 1 amide bonds. The molecule has 0 spiro atoms. The summed E-state index contributed by atoms with van der Waals surface area (Å²) in [6.45, 7) is 6.20. The molecule has 8 nitrogen and oxygen atoms in total. The van der Waals surface area contributed by atoms with Crippen LogP contribution in [0.1, 0.15) is 39.9 Å². The summed E-state index contributed by atoms with van der Waals surface area (Å²) in [5, 5.41) is 6.69. The summed E-state index contributed by atoms with van der Waals surface area (Å²) in [5.74, 6) is 1.49. The Labute approximate surface area is 250 Å². The number of anilines is 3. The van der Waals surface area contributed by atoms with Crippen molar-refractivity contribution in [3.8, 4) is 11.5 Å². The van der Waals surface area contributed by atoms with Crippen molar-refractivity contribution in [1.82, 2.24) is 9.88 Å². The van der Waals surface area contributed by atoms with E-state index in [1.807, 2.05) is 32.2 Å². The van der Waals surface area contributed by atoms with Gasteiger partial charge in [0.2, 0.25) is 5.91 Å². The SMILES string of the molecule is C=CC(=O)Nc1cccc(C)c1Nc1cc(C=O)c(/C=C(/c2c(Cl)c(OC)cc(OC)c2Cl)N(C)CC2CC2)cn1. The van der Waals surface area contributed by atoms with Crippen LogP contribution >= 0.6 is 23.2 Å². The molecule has 214 valence electrons. The van der Waals surface area contributed by atoms with Crippen LogP contribution in [0.2, 0.25) is 10.0 Å². The molecule has 1 saturated carbocycles. The molecule has 0 bridgehead atoms. The minimum absolute atomic E-state index is 0.333. The van der Waals surface area contributed by atoms with Crippen LogP contribution < -0.4 is 20.1 Å². The number of aldehydes is 1. The summed E-state index contributed by atoms with van der Waals surface area (Å²) in [6.07, 6.45) is 7.72. The van der Waals surface area contributed by atoms with Crippen LogP contribution in [0.25, 0.3) is 11.8 Å². The first-order valence-corrected chi connectivity index (χ1v) is 13.7. The molecule has 0 saturated heterocycles. The van der Waals surface area contributed by atoms with E-state index in [9.17, 15) is 9.59 Å². The molecule has 2 aromatic carbocycles. The van der Waals surface area contributed by atoms with Gasteiger partial charge >= 0.3 is 0 Å². The number of nitrogens with one attached hydrogen (secondary N) is 2. The van der Waals surface area contributed by atoms with Gasteiger partial charge in [0.15, 0.2) is 6.29 Å². The number of carbonyl (C=O) groups excluding carboxylic acids is 2. The number of para-hydroxylation sites is 1. The normalized spacial score (nSPS) is 12.9. The van der Waals surface area contributed by atoms with Crippen molar-refractivity contribution in [3.05, 3.63) is 81.5 Å². The lowest BCUT2D eigenvalue weighted by molar-refractivity contribution is -0.111. The van der Waals surface area contributed by atoms with Crippen LogP contribution in [0.4, 0.5) is 17.2 Å². The number of pyridine rings is 1. The summed E-state index contributed by atoms with van der Waals surface area (Å²) >= 11 is 13.6. The number of hydrogen-bond donors (Lipinski definition) is 2. The molecule has 1 fully saturated rings. The Balaban J connectivity index is 1.79. The van der Waals surface area contributed by atoms with Crippen LogP contribution in [-0.2, 0) is 4.79 Å². The van der Waals surface area contributed by atoms with E-state index >= 15 is 0 Å². The number of aryl methyl sites for hydroxylation is 1. The lowest BCUT2D eigenvalue weighted by Crippen LogP contribution is -2.20. The van der Waals surface area contributed by atoms with E-state index in [4.69, 9.17) is 32.7 Å². The van der Waals surface area contributed by atoms with E-state index in [0.717, 1.165) is 31.2 Å². The minimum Gasteiger partial charge on any atom is -0.495 e. The van der Waals surface area contributed by atoms with Gasteiger partial charge in [-0.25, -0.2) is 4.98 Å². The second-order valence-corrected chi connectivity index (χ2v) is 10.5. The fourth-order valence-corrected chi connectivity index (χ4v) is 5.13. The third kappa shape index (κ3) is 6.84. The van der Waals surface area contributed by atoms with Crippen LogP contribution in [0.15, 0.2) is 49.2 Å². The van der Waals surface area contributed by atoms with Gasteiger partial charge in [-0.1, -0.05) is 41.9 Å². The minimum atomic E-state index is -0.338. The van der Waals surface area contributed by atoms with Gasteiger partial charge in [-0.2, -0.15) is 0 Å². The van der Waals surface area contributed by atoms with Gasteiger partial charge < -0.3 is 25.0 Å². The Morgan fingerprint density at radius 3 is 2.41 bits per heavy atom. The average molecular weight is 596 g/mol. The van der Waals surface area contributed by atoms with Crippen molar-refractivity contribution in [3.63, 3.8) is 0 Å². The van der Waals surface area contributed by atoms with E-state index in [0.29, 0.717) is 67.0 Å². The van der Waals surface area contributed by atoms with E-state index in [1.165, 1.54) is 20.3 Å². The number of ether oxygens (including phenoxy) is 2. The molecule has 0 radical (unpaired) electrons. The Hall–Kier alpha value is -4.01. The number of carbonyl (C=O) groups is 2. The molecule has 1 aliphatic carbocycles. The monoisotopic (exact) mass is 594 g/mol. The highest BCUT2D eigenvalue weighted by molar-refractivity contribution is 6.39. The first-order chi connectivity index (χ1) is 19.7. The number of halogens is 2. The van der Waals surface area contributed by atoms with Gasteiger partial charge in [0, 0.05) is 48.2 Å². The number of amides is 1. The van der Waals surface area contributed by atoms with E-state index in [1.54, 1.807) is 24.4 Å². The van der Waals surface area contributed by atoms with Crippen molar-refractivity contribution in [1.29, 1.82) is 0 Å². The van der Waals surface area contributed by atoms with Gasteiger partial charge in [-0.15, -0.1) is 0 Å². The number of rotatable bonds is 12.